The molecule has 21 heavy (non-hydrogen) atoms. The van der Waals surface area contributed by atoms with Crippen molar-refractivity contribution >= 4 is 23.5 Å². The molecule has 1 amide bonds. The lowest BCUT2D eigenvalue weighted by Crippen LogP contribution is -2.24. The van der Waals surface area contributed by atoms with Crippen LogP contribution < -0.4 is 10.2 Å². The highest BCUT2D eigenvalue weighted by atomic mass is 32.1. The zero-order valence-corrected chi connectivity index (χ0v) is 12.9. The lowest BCUT2D eigenvalue weighted by Gasteiger charge is -2.08. The van der Waals surface area contributed by atoms with Crippen molar-refractivity contribution in [3.8, 4) is 5.75 Å². The van der Waals surface area contributed by atoms with Crippen LogP contribution in [0.2, 0.25) is 0 Å². The Kier molecular flexibility index (Phi) is 5.51. The van der Waals surface area contributed by atoms with Crippen LogP contribution in [0, 0.1) is 0 Å². The first kappa shape index (κ1) is 15.3. The average molecular weight is 302 g/mol. The van der Waals surface area contributed by atoms with E-state index in [4.69, 9.17) is 4.74 Å². The fraction of sp³-hybridized carbons (Fsp3) is 0.250. The number of hydrogen-bond donors (Lipinski definition) is 1. The minimum absolute atomic E-state index is 0.0536. The summed E-state index contributed by atoms with van der Waals surface area (Å²) in [5.74, 6) is 0.875. The predicted molar refractivity (Wildman–Crippen MR) is 86.1 cm³/mol. The molecule has 1 aromatic carbocycles. The van der Waals surface area contributed by atoms with Gasteiger partial charge in [-0.3, -0.25) is 4.79 Å². The van der Waals surface area contributed by atoms with Crippen LogP contribution in [0.3, 0.4) is 0 Å². The molecule has 0 aliphatic carbocycles. The third-order valence-electron chi connectivity index (χ3n) is 2.86. The third kappa shape index (κ3) is 5.04. The second-order valence-electron chi connectivity index (χ2n) is 4.86. The largest absolute Gasteiger partial charge is 0.484 e. The van der Waals surface area contributed by atoms with Crippen molar-refractivity contribution in [1.29, 1.82) is 0 Å². The van der Waals surface area contributed by atoms with E-state index in [2.05, 4.69) is 24.4 Å². The fourth-order valence-corrected chi connectivity index (χ4v) is 2.27. The zero-order valence-electron chi connectivity index (χ0n) is 12.1. The summed E-state index contributed by atoms with van der Waals surface area (Å²) in [7, 11) is 0. The Bertz CT molecular complexity index is 589. The normalized spacial score (nSPS) is 11.0. The van der Waals surface area contributed by atoms with Crippen LogP contribution >= 0.6 is 11.3 Å². The number of amides is 1. The van der Waals surface area contributed by atoms with Gasteiger partial charge < -0.3 is 4.74 Å². The van der Waals surface area contributed by atoms with Crippen LogP contribution in [-0.4, -0.2) is 18.7 Å². The fourth-order valence-electron chi connectivity index (χ4n) is 1.66. The Hall–Kier alpha value is -2.14. The van der Waals surface area contributed by atoms with Crippen molar-refractivity contribution in [2.75, 3.05) is 6.61 Å². The van der Waals surface area contributed by atoms with Gasteiger partial charge >= 0.3 is 0 Å². The smallest absolute Gasteiger partial charge is 0.277 e. The zero-order chi connectivity index (χ0) is 15.1. The monoisotopic (exact) mass is 302 g/mol. The summed E-state index contributed by atoms with van der Waals surface area (Å²) >= 11 is 1.58. The number of ether oxygens (including phenoxy) is 1. The van der Waals surface area contributed by atoms with Gasteiger partial charge in [-0.05, 0) is 40.4 Å². The van der Waals surface area contributed by atoms with Crippen LogP contribution in [0.1, 0.15) is 30.9 Å². The Morgan fingerprint density at radius 2 is 2.10 bits per heavy atom. The molecule has 110 valence electrons. The highest BCUT2D eigenvalue weighted by molar-refractivity contribution is 7.08. The van der Waals surface area contributed by atoms with Crippen molar-refractivity contribution in [2.24, 2.45) is 5.10 Å². The molecule has 1 heterocycles. The summed E-state index contributed by atoms with van der Waals surface area (Å²) in [6.07, 6.45) is 1.60. The molecule has 0 radical (unpaired) electrons. The van der Waals surface area contributed by atoms with Crippen LogP contribution in [0.5, 0.6) is 5.75 Å². The first-order chi connectivity index (χ1) is 10.1. The molecule has 1 aromatic heterocycles. The molecule has 1 N–H and O–H groups in total. The maximum Gasteiger partial charge on any atom is 0.277 e. The van der Waals surface area contributed by atoms with Crippen molar-refractivity contribution in [3.63, 3.8) is 0 Å². The number of thiophene rings is 1. The SMILES string of the molecule is CC(C)c1ccc(OCC(=O)NN=Cc2ccsc2)cc1. The van der Waals surface area contributed by atoms with E-state index in [9.17, 15) is 4.79 Å². The molecule has 0 aliphatic heterocycles. The van der Waals surface area contributed by atoms with Gasteiger partial charge in [0.2, 0.25) is 0 Å². The molecule has 0 spiro atoms. The number of nitrogens with zero attached hydrogens (tertiary/aromatic N) is 1. The summed E-state index contributed by atoms with van der Waals surface area (Å²) < 4.78 is 5.41. The third-order valence-corrected chi connectivity index (χ3v) is 3.56. The molecular formula is C16H18N2O2S. The summed E-state index contributed by atoms with van der Waals surface area (Å²) in [6, 6.07) is 9.68. The van der Waals surface area contributed by atoms with Crippen molar-refractivity contribution in [3.05, 3.63) is 52.2 Å². The minimum atomic E-state index is -0.283. The molecule has 4 nitrogen and oxygen atoms in total. The van der Waals surface area contributed by atoms with Crippen LogP contribution in [0.25, 0.3) is 0 Å². The van der Waals surface area contributed by atoms with Gasteiger partial charge in [0.25, 0.3) is 5.91 Å². The van der Waals surface area contributed by atoms with Crippen molar-refractivity contribution < 1.29 is 9.53 Å². The van der Waals surface area contributed by atoms with Crippen LogP contribution in [-0.2, 0) is 4.79 Å². The summed E-state index contributed by atoms with van der Waals surface area (Å²) in [6.45, 7) is 4.21. The molecule has 0 aliphatic rings. The Balaban J connectivity index is 1.76. The number of carbonyl (C=O) groups excluding carboxylic acids is 1. The number of nitrogens with one attached hydrogen (secondary N) is 1. The maximum absolute atomic E-state index is 11.6. The minimum Gasteiger partial charge on any atom is -0.484 e. The molecule has 0 bridgehead atoms. The van der Waals surface area contributed by atoms with E-state index in [0.29, 0.717) is 11.7 Å². The van der Waals surface area contributed by atoms with E-state index in [1.807, 2.05) is 41.1 Å². The molecule has 2 rings (SSSR count). The highest BCUT2D eigenvalue weighted by Gasteiger charge is 2.03. The predicted octanol–water partition coefficient (Wildman–Crippen LogP) is 3.40. The number of rotatable bonds is 6. The summed E-state index contributed by atoms with van der Waals surface area (Å²) in [5.41, 5.74) is 4.64. The molecule has 5 heteroatoms. The van der Waals surface area contributed by atoms with Gasteiger partial charge in [-0.1, -0.05) is 26.0 Å². The molecule has 2 aromatic rings. The second kappa shape index (κ2) is 7.59. The van der Waals surface area contributed by atoms with Crippen LogP contribution in [0.4, 0.5) is 0 Å². The molecule has 0 unspecified atom stereocenters. The van der Waals surface area contributed by atoms with E-state index in [0.717, 1.165) is 5.56 Å². The van der Waals surface area contributed by atoms with Crippen molar-refractivity contribution in [1.82, 2.24) is 5.43 Å². The quantitative estimate of drug-likeness (QED) is 0.657. The highest BCUT2D eigenvalue weighted by Crippen LogP contribution is 2.18. The molecule has 0 saturated heterocycles. The second-order valence-corrected chi connectivity index (χ2v) is 5.64. The number of hydrazone groups is 1. The van der Waals surface area contributed by atoms with Crippen molar-refractivity contribution in [2.45, 2.75) is 19.8 Å². The van der Waals surface area contributed by atoms with E-state index < -0.39 is 0 Å². The molecule has 0 saturated carbocycles. The van der Waals surface area contributed by atoms with E-state index in [-0.39, 0.29) is 12.5 Å². The van der Waals surface area contributed by atoms with Gasteiger partial charge in [-0.15, -0.1) is 0 Å². The standard InChI is InChI=1S/C16H18N2O2S/c1-12(2)14-3-5-15(6-4-14)20-10-16(19)18-17-9-13-7-8-21-11-13/h3-9,11-12H,10H2,1-2H3,(H,18,19). The lowest BCUT2D eigenvalue weighted by atomic mass is 10.0. The van der Waals surface area contributed by atoms with Gasteiger partial charge in [-0.25, -0.2) is 5.43 Å². The summed E-state index contributed by atoms with van der Waals surface area (Å²) in [5, 5.41) is 7.76. The Morgan fingerprint density at radius 1 is 1.33 bits per heavy atom. The number of hydrogen-bond acceptors (Lipinski definition) is 4. The maximum atomic E-state index is 11.6. The summed E-state index contributed by atoms with van der Waals surface area (Å²) in [4.78, 5) is 11.6. The molecule has 0 fully saturated rings. The average Bonchev–Trinajstić information content (AvgIpc) is 2.99. The van der Waals surface area contributed by atoms with Gasteiger partial charge in [0.05, 0.1) is 6.21 Å². The molecular weight excluding hydrogens is 284 g/mol. The van der Waals surface area contributed by atoms with Gasteiger partial charge in [-0.2, -0.15) is 16.4 Å². The van der Waals surface area contributed by atoms with E-state index >= 15 is 0 Å². The lowest BCUT2D eigenvalue weighted by molar-refractivity contribution is -0.123. The van der Waals surface area contributed by atoms with Gasteiger partial charge in [0.15, 0.2) is 6.61 Å². The molecule has 0 atom stereocenters. The first-order valence-corrected chi connectivity index (χ1v) is 7.66. The van der Waals surface area contributed by atoms with E-state index in [1.165, 1.54) is 5.56 Å². The van der Waals surface area contributed by atoms with Gasteiger partial charge in [0.1, 0.15) is 5.75 Å². The Morgan fingerprint density at radius 3 is 2.71 bits per heavy atom. The number of carbonyl (C=O) groups is 1. The first-order valence-electron chi connectivity index (χ1n) is 6.72. The van der Waals surface area contributed by atoms with Crippen LogP contribution in [0.15, 0.2) is 46.2 Å². The topological polar surface area (TPSA) is 50.7 Å². The number of benzene rings is 1. The van der Waals surface area contributed by atoms with E-state index in [1.54, 1.807) is 17.6 Å². The Labute approximate surface area is 128 Å². The van der Waals surface area contributed by atoms with Gasteiger partial charge in [0, 0.05) is 5.56 Å².